The van der Waals surface area contributed by atoms with Crippen LogP contribution in [0.25, 0.3) is 0 Å². The number of halogens is 1. The molecule has 1 aliphatic rings. The third-order valence-corrected chi connectivity index (χ3v) is 7.57. The fraction of sp³-hybridized carbons (Fsp3) is 0.208. The number of fused-ring (bicyclic) bond motifs is 1. The summed E-state index contributed by atoms with van der Waals surface area (Å²) in [5.74, 6) is -0.0191. The number of carbonyl (C=O) groups is 1. The van der Waals surface area contributed by atoms with Crippen molar-refractivity contribution in [2.45, 2.75) is 17.9 Å². The second-order valence-electron chi connectivity index (χ2n) is 7.61. The van der Waals surface area contributed by atoms with Crippen LogP contribution in [-0.4, -0.2) is 39.9 Å². The van der Waals surface area contributed by atoms with Gasteiger partial charge in [-0.3, -0.25) is 9.10 Å². The maximum Gasteiger partial charge on any atom is 0.264 e. The third kappa shape index (κ3) is 4.18. The Morgan fingerprint density at radius 2 is 1.81 bits per heavy atom. The number of para-hydroxylation sites is 1. The van der Waals surface area contributed by atoms with Crippen LogP contribution in [-0.2, 0) is 23.0 Å². The highest BCUT2D eigenvalue weighted by atomic mass is 35.5. The number of amides is 1. The molecule has 3 aromatic rings. The lowest BCUT2D eigenvalue weighted by atomic mass is 10.1. The molecule has 8 heteroatoms. The van der Waals surface area contributed by atoms with Crippen LogP contribution in [0.5, 0.6) is 5.75 Å². The van der Waals surface area contributed by atoms with Gasteiger partial charge in [-0.15, -0.1) is 0 Å². The molecular formula is C24H23ClN2O4S. The van der Waals surface area contributed by atoms with Crippen LogP contribution < -0.4 is 9.04 Å². The zero-order valence-corrected chi connectivity index (χ0v) is 19.4. The Hall–Kier alpha value is -3.03. The molecule has 0 spiro atoms. The van der Waals surface area contributed by atoms with Crippen LogP contribution >= 0.6 is 11.6 Å². The second kappa shape index (κ2) is 8.84. The largest absolute Gasteiger partial charge is 0.496 e. The Balaban J connectivity index is 1.65. The van der Waals surface area contributed by atoms with Crippen LogP contribution in [0.2, 0.25) is 5.02 Å². The number of anilines is 1. The number of benzene rings is 3. The number of hydrogen-bond acceptors (Lipinski definition) is 4. The molecule has 0 unspecified atom stereocenters. The predicted molar refractivity (Wildman–Crippen MR) is 125 cm³/mol. The highest BCUT2D eigenvalue weighted by Crippen LogP contribution is 2.34. The monoisotopic (exact) mass is 470 g/mol. The molecule has 1 amide bonds. The van der Waals surface area contributed by atoms with Gasteiger partial charge >= 0.3 is 0 Å². The fourth-order valence-corrected chi connectivity index (χ4v) is 5.50. The van der Waals surface area contributed by atoms with E-state index in [1.807, 2.05) is 30.3 Å². The molecule has 0 atom stereocenters. The molecule has 32 heavy (non-hydrogen) atoms. The van der Waals surface area contributed by atoms with Gasteiger partial charge in [-0.25, -0.2) is 8.42 Å². The molecule has 3 aromatic carbocycles. The zero-order chi connectivity index (χ0) is 22.9. The molecule has 4 rings (SSSR count). The highest BCUT2D eigenvalue weighted by Gasteiger charge is 2.32. The number of carbonyl (C=O) groups excluding carboxylic acids is 1. The SMILES string of the molecule is COc1ccc(S(=O)(=O)N2CCc3ccccc32)cc1C(=O)N(C)Cc1ccc(Cl)cc1. The van der Waals surface area contributed by atoms with Gasteiger partial charge in [0.2, 0.25) is 0 Å². The van der Waals surface area contributed by atoms with Crippen LogP contribution in [0.1, 0.15) is 21.5 Å². The van der Waals surface area contributed by atoms with Crippen molar-refractivity contribution in [1.82, 2.24) is 4.90 Å². The fourth-order valence-electron chi connectivity index (χ4n) is 3.84. The number of rotatable bonds is 6. The van der Waals surface area contributed by atoms with E-state index in [1.54, 1.807) is 25.2 Å². The molecule has 0 saturated heterocycles. The van der Waals surface area contributed by atoms with E-state index in [4.69, 9.17) is 16.3 Å². The average Bonchev–Trinajstić information content (AvgIpc) is 3.24. The van der Waals surface area contributed by atoms with Gasteiger partial charge in [0.05, 0.1) is 23.3 Å². The zero-order valence-electron chi connectivity index (χ0n) is 17.8. The maximum atomic E-state index is 13.4. The number of nitrogens with zero attached hydrogens (tertiary/aromatic N) is 2. The second-order valence-corrected chi connectivity index (χ2v) is 9.90. The van der Waals surface area contributed by atoms with Crippen molar-refractivity contribution in [2.24, 2.45) is 0 Å². The third-order valence-electron chi connectivity index (χ3n) is 5.51. The molecule has 1 heterocycles. The normalized spacial score (nSPS) is 13.0. The Kier molecular flexibility index (Phi) is 6.13. The summed E-state index contributed by atoms with van der Waals surface area (Å²) in [7, 11) is -0.715. The summed E-state index contributed by atoms with van der Waals surface area (Å²) in [5, 5.41) is 0.616. The van der Waals surface area contributed by atoms with Crippen LogP contribution in [0, 0.1) is 0 Å². The van der Waals surface area contributed by atoms with E-state index in [-0.39, 0.29) is 16.4 Å². The minimum absolute atomic E-state index is 0.0539. The molecule has 6 nitrogen and oxygen atoms in total. The minimum atomic E-state index is -3.83. The van der Waals surface area contributed by atoms with Crippen molar-refractivity contribution in [3.63, 3.8) is 0 Å². The topological polar surface area (TPSA) is 66.9 Å². The summed E-state index contributed by atoms with van der Waals surface area (Å²) in [6, 6.07) is 19.1. The van der Waals surface area contributed by atoms with Gasteiger partial charge in [0.25, 0.3) is 15.9 Å². The summed E-state index contributed by atoms with van der Waals surface area (Å²) >= 11 is 5.93. The standard InChI is InChI=1S/C24H23ClN2O4S/c1-26(16-17-7-9-19(25)10-8-17)24(28)21-15-20(11-12-23(21)31-2)32(29,30)27-14-13-18-5-3-4-6-22(18)27/h3-12,15H,13-14,16H2,1-2H3. The molecule has 0 aromatic heterocycles. The van der Waals surface area contributed by atoms with Gasteiger partial charge in [0.1, 0.15) is 5.75 Å². The molecule has 0 aliphatic carbocycles. The smallest absolute Gasteiger partial charge is 0.264 e. The van der Waals surface area contributed by atoms with Gasteiger partial charge < -0.3 is 9.64 Å². The van der Waals surface area contributed by atoms with E-state index in [9.17, 15) is 13.2 Å². The van der Waals surface area contributed by atoms with Gasteiger partial charge in [0, 0.05) is 25.2 Å². The lowest BCUT2D eigenvalue weighted by Gasteiger charge is -2.22. The molecule has 1 aliphatic heterocycles. The van der Waals surface area contributed by atoms with E-state index in [1.165, 1.54) is 34.5 Å². The van der Waals surface area contributed by atoms with Crippen molar-refractivity contribution in [3.8, 4) is 5.75 Å². The summed E-state index contributed by atoms with van der Waals surface area (Å²) < 4.78 is 33.6. The van der Waals surface area contributed by atoms with Crippen molar-refractivity contribution in [2.75, 3.05) is 25.0 Å². The maximum absolute atomic E-state index is 13.4. The molecular weight excluding hydrogens is 448 g/mol. The van der Waals surface area contributed by atoms with E-state index in [2.05, 4.69) is 0 Å². The first kappa shape index (κ1) is 22.2. The van der Waals surface area contributed by atoms with E-state index in [0.29, 0.717) is 36.0 Å². The molecule has 0 N–H and O–H groups in total. The lowest BCUT2D eigenvalue weighted by molar-refractivity contribution is 0.0781. The van der Waals surface area contributed by atoms with Crippen molar-refractivity contribution in [1.29, 1.82) is 0 Å². The van der Waals surface area contributed by atoms with E-state index < -0.39 is 10.0 Å². The summed E-state index contributed by atoms with van der Waals surface area (Å²) in [6.45, 7) is 0.711. The molecule has 166 valence electrons. The molecule has 0 bridgehead atoms. The highest BCUT2D eigenvalue weighted by molar-refractivity contribution is 7.92. The van der Waals surface area contributed by atoms with Gasteiger partial charge in [-0.1, -0.05) is 41.9 Å². The van der Waals surface area contributed by atoms with Crippen LogP contribution in [0.15, 0.2) is 71.6 Å². The first-order valence-electron chi connectivity index (χ1n) is 10.1. The Morgan fingerprint density at radius 3 is 2.53 bits per heavy atom. The summed E-state index contributed by atoms with van der Waals surface area (Å²) in [6.07, 6.45) is 0.654. The van der Waals surface area contributed by atoms with Crippen molar-refractivity contribution in [3.05, 3.63) is 88.4 Å². The Bertz CT molecular complexity index is 1260. The number of ether oxygens (including phenoxy) is 1. The summed E-state index contributed by atoms with van der Waals surface area (Å²) in [5.41, 5.74) is 2.76. The van der Waals surface area contributed by atoms with E-state index in [0.717, 1.165) is 11.1 Å². The Labute approximate surface area is 193 Å². The van der Waals surface area contributed by atoms with E-state index >= 15 is 0 Å². The first-order chi connectivity index (χ1) is 15.3. The van der Waals surface area contributed by atoms with Crippen molar-refractivity contribution >= 4 is 33.2 Å². The number of sulfonamides is 1. The van der Waals surface area contributed by atoms with Crippen molar-refractivity contribution < 1.29 is 17.9 Å². The number of hydrogen-bond donors (Lipinski definition) is 0. The molecule has 0 saturated carbocycles. The average molecular weight is 471 g/mol. The lowest BCUT2D eigenvalue weighted by Crippen LogP contribution is -2.30. The molecule has 0 radical (unpaired) electrons. The predicted octanol–water partition coefficient (Wildman–Crippen LogP) is 4.37. The summed E-state index contributed by atoms with van der Waals surface area (Å²) in [4.78, 5) is 14.8. The van der Waals surface area contributed by atoms with Gasteiger partial charge in [-0.2, -0.15) is 0 Å². The first-order valence-corrected chi connectivity index (χ1v) is 11.9. The van der Waals surface area contributed by atoms with Crippen LogP contribution in [0.3, 0.4) is 0 Å². The van der Waals surface area contributed by atoms with Crippen LogP contribution in [0.4, 0.5) is 5.69 Å². The quantitative estimate of drug-likeness (QED) is 0.536. The van der Waals surface area contributed by atoms with Gasteiger partial charge in [0.15, 0.2) is 0 Å². The van der Waals surface area contributed by atoms with Gasteiger partial charge in [-0.05, 0) is 53.9 Å². The molecule has 0 fully saturated rings. The Morgan fingerprint density at radius 1 is 1.09 bits per heavy atom. The minimum Gasteiger partial charge on any atom is -0.496 e. The number of methoxy groups -OCH3 is 1.